The Hall–Kier alpha value is -4.56. The summed E-state index contributed by atoms with van der Waals surface area (Å²) >= 11 is 0. The molecule has 4 heteroatoms. The van der Waals surface area contributed by atoms with E-state index in [0.29, 0.717) is 18.7 Å². The van der Waals surface area contributed by atoms with E-state index in [9.17, 15) is 0 Å². The van der Waals surface area contributed by atoms with Crippen molar-refractivity contribution in [3.63, 3.8) is 0 Å². The summed E-state index contributed by atoms with van der Waals surface area (Å²) in [4.78, 5) is 5.51. The summed E-state index contributed by atoms with van der Waals surface area (Å²) in [6.45, 7) is 2.17. The molecule has 1 aliphatic heterocycles. The van der Waals surface area contributed by atoms with E-state index in [2.05, 4.69) is 159 Å². The maximum Gasteiger partial charge on any atom is 0.238 e. The zero-order chi connectivity index (χ0) is 33.4. The van der Waals surface area contributed by atoms with Gasteiger partial charge in [-0.2, -0.15) is 0 Å². The van der Waals surface area contributed by atoms with Crippen LogP contribution in [0.5, 0.6) is 0 Å². The van der Waals surface area contributed by atoms with Crippen molar-refractivity contribution in [1.82, 2.24) is 0 Å². The van der Waals surface area contributed by atoms with E-state index in [1.807, 2.05) is 18.2 Å². The Balaban J connectivity index is 1.51. The number of rotatable bonds is 11. The Labute approximate surface area is 292 Å². The first kappa shape index (κ1) is 33.0. The van der Waals surface area contributed by atoms with Crippen molar-refractivity contribution < 1.29 is 9.26 Å². The molecule has 0 saturated carbocycles. The van der Waals surface area contributed by atoms with Crippen molar-refractivity contribution in [2.24, 2.45) is 4.99 Å². The van der Waals surface area contributed by atoms with Crippen LogP contribution in [0.2, 0.25) is 0 Å². The number of ether oxygens (including phenoxy) is 1. The Morgan fingerprint density at radius 1 is 0.633 bits per heavy atom. The van der Waals surface area contributed by atoms with Crippen LogP contribution in [0.1, 0.15) is 49.3 Å². The molecule has 1 aliphatic carbocycles. The highest BCUT2D eigenvalue weighted by molar-refractivity contribution is 7.89. The minimum atomic E-state index is -2.69. The second kappa shape index (κ2) is 15.3. The minimum Gasteiger partial charge on any atom is -0.472 e. The standard InChI is InChI=1S/C45H45NO2P/c1-36-43(46-44(47-36)39-26-14-7-15-27-39)45(34-37-22-10-5-11-23-37,35-38-24-12-6-13-25-38)48-49(41-30-18-8-19-31-41,42-32-20-9-21-33-42)40-28-16-3-2-4-17-29-40/h2-3,5-15,18-27,29-33,36,43H,4,16-17,28,34-35H2,1H3/q+1/t36-,43-/m1/s1. The van der Waals surface area contributed by atoms with Gasteiger partial charge in [0.15, 0.2) is 0 Å². The SMILES string of the molecule is C[C@H]1OC(c2ccccc2)=N[C@H]1C(Cc1ccccc1)(Cc1ccccc1)O[P+](C1=CCCC=CCC1)(c1ccccc1)c1ccccc1. The molecule has 5 aromatic rings. The van der Waals surface area contributed by atoms with Gasteiger partial charge in [-0.1, -0.05) is 127 Å². The van der Waals surface area contributed by atoms with Crippen molar-refractivity contribution in [2.45, 2.75) is 63.2 Å². The Morgan fingerprint density at radius 3 is 1.67 bits per heavy atom. The minimum absolute atomic E-state index is 0.203. The van der Waals surface area contributed by atoms with Gasteiger partial charge in [-0.25, -0.2) is 9.52 Å². The van der Waals surface area contributed by atoms with Gasteiger partial charge in [-0.05, 0) is 79.8 Å². The van der Waals surface area contributed by atoms with E-state index in [4.69, 9.17) is 14.3 Å². The normalized spacial score (nSPS) is 18.1. The molecule has 0 radical (unpaired) electrons. The van der Waals surface area contributed by atoms with E-state index >= 15 is 0 Å². The van der Waals surface area contributed by atoms with E-state index < -0.39 is 13.1 Å². The van der Waals surface area contributed by atoms with E-state index in [-0.39, 0.29) is 12.1 Å². The lowest BCUT2D eigenvalue weighted by atomic mass is 9.80. The fraction of sp³-hybridized carbons (Fsp3) is 0.222. The molecule has 3 nitrogen and oxygen atoms in total. The lowest BCUT2D eigenvalue weighted by Gasteiger charge is -2.42. The van der Waals surface area contributed by atoms with Crippen molar-refractivity contribution in [2.75, 3.05) is 0 Å². The summed E-state index contributed by atoms with van der Waals surface area (Å²) in [5.41, 5.74) is 2.68. The molecule has 0 fully saturated rings. The van der Waals surface area contributed by atoms with Crippen molar-refractivity contribution in [3.8, 4) is 0 Å². The van der Waals surface area contributed by atoms with Crippen LogP contribution in [0.4, 0.5) is 0 Å². The number of nitrogens with zero attached hydrogens (tertiary/aromatic N) is 1. The maximum atomic E-state index is 8.41. The molecule has 0 bridgehead atoms. The smallest absolute Gasteiger partial charge is 0.238 e. The molecule has 1 heterocycles. The Morgan fingerprint density at radius 2 is 1.12 bits per heavy atom. The van der Waals surface area contributed by atoms with Crippen LogP contribution in [0.3, 0.4) is 0 Å². The van der Waals surface area contributed by atoms with Crippen LogP contribution in [0, 0.1) is 0 Å². The molecule has 5 aromatic carbocycles. The average molecular weight is 663 g/mol. The average Bonchev–Trinajstić information content (AvgIpc) is 3.55. The third kappa shape index (κ3) is 7.25. The number of benzene rings is 5. The van der Waals surface area contributed by atoms with E-state index in [1.165, 1.54) is 27.1 Å². The lowest BCUT2D eigenvalue weighted by Crippen LogP contribution is -2.53. The molecule has 49 heavy (non-hydrogen) atoms. The fourth-order valence-corrected chi connectivity index (χ4v) is 11.5. The summed E-state index contributed by atoms with van der Waals surface area (Å²) in [7, 11) is -2.69. The number of hydrogen-bond acceptors (Lipinski definition) is 3. The molecule has 7 rings (SSSR count). The van der Waals surface area contributed by atoms with Crippen LogP contribution < -0.4 is 10.6 Å². The van der Waals surface area contributed by atoms with Gasteiger partial charge in [0, 0.05) is 24.8 Å². The largest absolute Gasteiger partial charge is 0.472 e. The third-order valence-electron chi connectivity index (χ3n) is 9.66. The molecule has 0 aromatic heterocycles. The predicted molar refractivity (Wildman–Crippen MR) is 206 cm³/mol. The monoisotopic (exact) mass is 662 g/mol. The van der Waals surface area contributed by atoms with Crippen molar-refractivity contribution in [1.29, 1.82) is 0 Å². The van der Waals surface area contributed by atoms with Crippen LogP contribution in [0.25, 0.3) is 0 Å². The topological polar surface area (TPSA) is 30.8 Å². The van der Waals surface area contributed by atoms with Gasteiger partial charge >= 0.3 is 0 Å². The predicted octanol–water partition coefficient (Wildman–Crippen LogP) is 10.1. The third-order valence-corrected chi connectivity index (χ3v) is 13.6. The molecule has 2 atom stereocenters. The molecular weight excluding hydrogens is 617 g/mol. The molecule has 0 N–H and O–H groups in total. The van der Waals surface area contributed by atoms with Crippen molar-refractivity contribution >= 4 is 24.0 Å². The molecule has 2 aliphatic rings. The van der Waals surface area contributed by atoms with E-state index in [0.717, 1.165) is 31.2 Å². The van der Waals surface area contributed by atoms with Gasteiger partial charge < -0.3 is 4.74 Å². The first-order chi connectivity index (χ1) is 24.2. The van der Waals surface area contributed by atoms with Crippen molar-refractivity contribution in [3.05, 3.63) is 192 Å². The Bertz CT molecular complexity index is 1790. The summed E-state index contributed by atoms with van der Waals surface area (Å²) < 4.78 is 15.1. The first-order valence-corrected chi connectivity index (χ1v) is 19.3. The molecule has 0 amide bonds. The molecule has 0 spiro atoms. The highest BCUT2D eigenvalue weighted by Crippen LogP contribution is 2.69. The fourth-order valence-electron chi connectivity index (χ4n) is 7.44. The summed E-state index contributed by atoms with van der Waals surface area (Å²) in [5.74, 6) is 0.686. The summed E-state index contributed by atoms with van der Waals surface area (Å²) in [6, 6.07) is 53.8. The second-order valence-corrected chi connectivity index (χ2v) is 16.1. The van der Waals surface area contributed by atoms with Crippen LogP contribution in [-0.4, -0.2) is 23.6 Å². The van der Waals surface area contributed by atoms with E-state index in [1.54, 1.807) is 0 Å². The maximum absolute atomic E-state index is 8.41. The molecular formula is C45H45NO2P+. The van der Waals surface area contributed by atoms with Crippen LogP contribution in [0.15, 0.2) is 180 Å². The van der Waals surface area contributed by atoms with Gasteiger partial charge in [0.2, 0.25) is 13.4 Å². The zero-order valence-corrected chi connectivity index (χ0v) is 29.2. The van der Waals surface area contributed by atoms with Crippen LogP contribution in [-0.2, 0) is 22.1 Å². The molecule has 0 saturated heterocycles. The van der Waals surface area contributed by atoms with Gasteiger partial charge in [0.25, 0.3) is 0 Å². The molecule has 0 unspecified atom stereocenters. The quantitative estimate of drug-likeness (QED) is 0.104. The van der Waals surface area contributed by atoms with Gasteiger partial charge in [0.1, 0.15) is 33.7 Å². The summed E-state index contributed by atoms with van der Waals surface area (Å²) in [6.07, 6.45) is 12.3. The number of allylic oxidation sites excluding steroid dienone is 4. The van der Waals surface area contributed by atoms with Crippen LogP contribution >= 0.6 is 7.49 Å². The first-order valence-electron chi connectivity index (χ1n) is 17.6. The van der Waals surface area contributed by atoms with Gasteiger partial charge in [-0.3, -0.25) is 0 Å². The molecule has 246 valence electrons. The summed E-state index contributed by atoms with van der Waals surface area (Å²) in [5, 5.41) is 3.88. The lowest BCUT2D eigenvalue weighted by molar-refractivity contribution is 0.0220. The number of aliphatic imine (C=N–C) groups is 1. The number of hydrogen-bond donors (Lipinski definition) is 0. The Kier molecular flexibility index (Phi) is 10.3. The van der Waals surface area contributed by atoms with Gasteiger partial charge in [-0.15, -0.1) is 0 Å². The zero-order valence-electron chi connectivity index (χ0n) is 28.3. The highest BCUT2D eigenvalue weighted by atomic mass is 31.2. The highest BCUT2D eigenvalue weighted by Gasteiger charge is 2.60. The second-order valence-electron chi connectivity index (χ2n) is 13.1. The van der Waals surface area contributed by atoms with Gasteiger partial charge in [0.05, 0.1) is 0 Å².